The number of nitrogens with zero attached hydrogens (tertiary/aromatic N) is 1. The zero-order valence-electron chi connectivity index (χ0n) is 8.94. The van der Waals surface area contributed by atoms with Crippen LogP contribution < -0.4 is 0 Å². The van der Waals surface area contributed by atoms with Gasteiger partial charge in [-0.2, -0.15) is 0 Å². The van der Waals surface area contributed by atoms with E-state index >= 15 is 0 Å². The van der Waals surface area contributed by atoms with E-state index in [1.165, 1.54) is 6.26 Å². The fourth-order valence-electron chi connectivity index (χ4n) is 1.61. The molecule has 5 heteroatoms. The molecule has 0 bridgehead atoms. The Kier molecular flexibility index (Phi) is 4.05. The van der Waals surface area contributed by atoms with Gasteiger partial charge in [0.25, 0.3) is 0 Å². The summed E-state index contributed by atoms with van der Waals surface area (Å²) in [5.41, 5.74) is 2.19. The molecule has 3 nitrogen and oxygen atoms in total. The van der Waals surface area contributed by atoms with Crippen molar-refractivity contribution in [2.24, 2.45) is 0 Å². The minimum absolute atomic E-state index is 0.0281. The lowest BCUT2D eigenvalue weighted by Gasteiger charge is -2.10. The molecule has 1 aromatic heterocycles. The van der Waals surface area contributed by atoms with E-state index in [-0.39, 0.29) is 6.61 Å². The zero-order chi connectivity index (χ0) is 12.3. The molecule has 2 aromatic rings. The SMILES string of the molecule is OCCc1conc1C(Cl)c1ccccc1Cl. The lowest BCUT2D eigenvalue weighted by molar-refractivity contribution is 0.299. The minimum atomic E-state index is -0.469. The predicted octanol–water partition coefficient (Wildman–Crippen LogP) is 3.19. The van der Waals surface area contributed by atoms with Crippen molar-refractivity contribution in [3.63, 3.8) is 0 Å². The largest absolute Gasteiger partial charge is 0.396 e. The van der Waals surface area contributed by atoms with Gasteiger partial charge in [0.2, 0.25) is 0 Å². The maximum absolute atomic E-state index is 8.93. The van der Waals surface area contributed by atoms with Gasteiger partial charge >= 0.3 is 0 Å². The van der Waals surface area contributed by atoms with Gasteiger partial charge in [-0.1, -0.05) is 35.0 Å². The molecule has 90 valence electrons. The van der Waals surface area contributed by atoms with Crippen molar-refractivity contribution in [1.82, 2.24) is 5.16 Å². The van der Waals surface area contributed by atoms with Crippen LogP contribution in [-0.2, 0) is 6.42 Å². The number of aliphatic hydroxyl groups is 1. The van der Waals surface area contributed by atoms with Gasteiger partial charge < -0.3 is 9.63 Å². The molecule has 0 amide bonds. The van der Waals surface area contributed by atoms with E-state index in [9.17, 15) is 0 Å². The van der Waals surface area contributed by atoms with Crippen LogP contribution in [0.3, 0.4) is 0 Å². The lowest BCUT2D eigenvalue weighted by Crippen LogP contribution is -2.00. The van der Waals surface area contributed by atoms with Gasteiger partial charge in [0.1, 0.15) is 17.3 Å². The number of halogens is 2. The van der Waals surface area contributed by atoms with Crippen LogP contribution in [0.25, 0.3) is 0 Å². The Morgan fingerprint density at radius 3 is 2.82 bits per heavy atom. The Balaban J connectivity index is 2.34. The van der Waals surface area contributed by atoms with E-state index in [1.807, 2.05) is 18.2 Å². The van der Waals surface area contributed by atoms with Gasteiger partial charge in [0.05, 0.1) is 0 Å². The molecular weight excluding hydrogens is 261 g/mol. The molecule has 1 aromatic carbocycles. The van der Waals surface area contributed by atoms with Gasteiger partial charge in [0.15, 0.2) is 0 Å². The molecule has 1 heterocycles. The van der Waals surface area contributed by atoms with Crippen LogP contribution in [0.2, 0.25) is 5.02 Å². The van der Waals surface area contributed by atoms with Crippen LogP contribution in [0.5, 0.6) is 0 Å². The smallest absolute Gasteiger partial charge is 0.127 e. The summed E-state index contributed by atoms with van der Waals surface area (Å²) >= 11 is 12.4. The van der Waals surface area contributed by atoms with Gasteiger partial charge in [-0.05, 0) is 11.6 Å². The molecule has 17 heavy (non-hydrogen) atoms. The van der Waals surface area contributed by atoms with E-state index in [1.54, 1.807) is 6.07 Å². The molecule has 0 saturated carbocycles. The fraction of sp³-hybridized carbons (Fsp3) is 0.250. The van der Waals surface area contributed by atoms with E-state index < -0.39 is 5.38 Å². The maximum atomic E-state index is 8.93. The molecule has 0 aliphatic rings. The lowest BCUT2D eigenvalue weighted by atomic mass is 10.1. The monoisotopic (exact) mass is 271 g/mol. The Morgan fingerprint density at radius 1 is 1.35 bits per heavy atom. The third kappa shape index (κ3) is 2.63. The van der Waals surface area contributed by atoms with Crippen molar-refractivity contribution in [3.05, 3.63) is 52.4 Å². The molecule has 0 spiro atoms. The molecule has 1 N–H and O–H groups in total. The van der Waals surface area contributed by atoms with E-state index in [0.717, 1.165) is 11.1 Å². The first-order chi connectivity index (χ1) is 8.24. The number of hydrogen-bond acceptors (Lipinski definition) is 3. The van der Waals surface area contributed by atoms with Crippen LogP contribution >= 0.6 is 23.2 Å². The van der Waals surface area contributed by atoms with E-state index in [4.69, 9.17) is 32.8 Å². The summed E-state index contributed by atoms with van der Waals surface area (Å²) in [4.78, 5) is 0. The highest BCUT2D eigenvalue weighted by atomic mass is 35.5. The summed E-state index contributed by atoms with van der Waals surface area (Å²) in [6.45, 7) is 0.0281. The van der Waals surface area contributed by atoms with Crippen molar-refractivity contribution in [3.8, 4) is 0 Å². The van der Waals surface area contributed by atoms with Crippen molar-refractivity contribution in [2.45, 2.75) is 11.8 Å². The highest BCUT2D eigenvalue weighted by Crippen LogP contribution is 2.34. The normalized spacial score (nSPS) is 12.6. The van der Waals surface area contributed by atoms with Crippen molar-refractivity contribution in [1.29, 1.82) is 0 Å². The summed E-state index contributed by atoms with van der Waals surface area (Å²) in [6.07, 6.45) is 1.96. The Hall–Kier alpha value is -1.03. The average Bonchev–Trinajstić information content (AvgIpc) is 2.78. The van der Waals surface area contributed by atoms with Crippen LogP contribution in [-0.4, -0.2) is 16.9 Å². The molecule has 0 aliphatic carbocycles. The molecule has 0 aliphatic heterocycles. The van der Waals surface area contributed by atoms with E-state index in [2.05, 4.69) is 5.16 Å². The number of hydrogen-bond donors (Lipinski definition) is 1. The van der Waals surface area contributed by atoms with Gasteiger partial charge in [0, 0.05) is 23.6 Å². The van der Waals surface area contributed by atoms with Crippen molar-refractivity contribution >= 4 is 23.2 Å². The first-order valence-corrected chi connectivity index (χ1v) is 5.98. The summed E-state index contributed by atoms with van der Waals surface area (Å²) < 4.78 is 4.89. The second kappa shape index (κ2) is 5.54. The standard InChI is InChI=1S/C12H11Cl2NO2/c13-10-4-2-1-3-9(10)11(14)12-8(5-6-16)7-17-15-12/h1-4,7,11,16H,5-6H2. The fourth-order valence-corrected chi connectivity index (χ4v) is 2.28. The van der Waals surface area contributed by atoms with E-state index in [0.29, 0.717) is 17.1 Å². The Bertz CT molecular complexity index is 499. The highest BCUT2D eigenvalue weighted by molar-refractivity contribution is 6.33. The molecule has 2 rings (SSSR count). The number of rotatable bonds is 4. The highest BCUT2D eigenvalue weighted by Gasteiger charge is 2.20. The molecule has 0 saturated heterocycles. The summed E-state index contributed by atoms with van der Waals surface area (Å²) in [6, 6.07) is 7.32. The third-order valence-corrected chi connectivity index (χ3v) is 3.26. The topological polar surface area (TPSA) is 46.3 Å². The molecule has 0 fully saturated rings. The second-order valence-electron chi connectivity index (χ2n) is 3.58. The van der Waals surface area contributed by atoms with Crippen LogP contribution in [0.1, 0.15) is 22.2 Å². The van der Waals surface area contributed by atoms with Gasteiger partial charge in [-0.15, -0.1) is 11.6 Å². The number of alkyl halides is 1. The summed E-state index contributed by atoms with van der Waals surface area (Å²) in [5.74, 6) is 0. The first kappa shape index (κ1) is 12.4. The van der Waals surface area contributed by atoms with Crippen molar-refractivity contribution in [2.75, 3.05) is 6.61 Å². The van der Waals surface area contributed by atoms with Crippen LogP contribution in [0, 0.1) is 0 Å². The zero-order valence-corrected chi connectivity index (χ0v) is 10.4. The maximum Gasteiger partial charge on any atom is 0.127 e. The summed E-state index contributed by atoms with van der Waals surface area (Å²) in [5, 5.41) is 12.9. The Morgan fingerprint density at radius 2 is 2.12 bits per heavy atom. The third-order valence-electron chi connectivity index (χ3n) is 2.47. The minimum Gasteiger partial charge on any atom is -0.396 e. The first-order valence-electron chi connectivity index (χ1n) is 5.16. The van der Waals surface area contributed by atoms with Crippen molar-refractivity contribution < 1.29 is 9.63 Å². The molecule has 0 radical (unpaired) electrons. The summed E-state index contributed by atoms with van der Waals surface area (Å²) in [7, 11) is 0. The second-order valence-corrected chi connectivity index (χ2v) is 4.43. The van der Waals surface area contributed by atoms with Gasteiger partial charge in [-0.25, -0.2) is 0 Å². The van der Waals surface area contributed by atoms with Crippen LogP contribution in [0.15, 0.2) is 35.1 Å². The Labute approximate surface area is 109 Å². The molecule has 1 atom stereocenters. The molecule has 1 unspecified atom stereocenters. The van der Waals surface area contributed by atoms with Gasteiger partial charge in [-0.3, -0.25) is 0 Å². The average molecular weight is 272 g/mol. The number of benzene rings is 1. The molecular formula is C12H11Cl2NO2. The predicted molar refractivity (Wildman–Crippen MR) is 66.4 cm³/mol. The quantitative estimate of drug-likeness (QED) is 0.869. The number of aromatic nitrogens is 1. The van der Waals surface area contributed by atoms with Crippen LogP contribution in [0.4, 0.5) is 0 Å². The number of aliphatic hydroxyl groups excluding tert-OH is 1.